The lowest BCUT2D eigenvalue weighted by molar-refractivity contribution is -0.121. The number of carbonyl (C=O) groups excluding carboxylic acids is 2. The molecule has 5 nitrogen and oxygen atoms in total. The van der Waals surface area contributed by atoms with Crippen LogP contribution < -0.4 is 15.5 Å². The standard InChI is InChI=1S/C12H15N3O2/c1-13-7-6-12(17)15-8-11(16)14-9-4-2-3-5-10(9)15/h2-5,13H,6-8H2,1H3,(H,14,16). The summed E-state index contributed by atoms with van der Waals surface area (Å²) in [6, 6.07) is 7.33. The van der Waals surface area contributed by atoms with Crippen molar-refractivity contribution in [1.82, 2.24) is 5.32 Å². The Morgan fingerprint density at radius 1 is 1.47 bits per heavy atom. The van der Waals surface area contributed by atoms with Crippen LogP contribution >= 0.6 is 0 Å². The summed E-state index contributed by atoms with van der Waals surface area (Å²) in [5, 5.41) is 5.68. The monoisotopic (exact) mass is 233 g/mol. The predicted molar refractivity (Wildman–Crippen MR) is 66.0 cm³/mol. The number of nitrogens with one attached hydrogen (secondary N) is 2. The zero-order valence-corrected chi connectivity index (χ0v) is 9.69. The number of anilines is 2. The third-order valence-corrected chi connectivity index (χ3v) is 2.66. The summed E-state index contributed by atoms with van der Waals surface area (Å²) >= 11 is 0. The second-order valence-electron chi connectivity index (χ2n) is 3.90. The maximum atomic E-state index is 12.0. The molecule has 2 amide bonds. The van der Waals surface area contributed by atoms with Crippen molar-refractivity contribution in [3.63, 3.8) is 0 Å². The fourth-order valence-electron chi connectivity index (χ4n) is 1.82. The van der Waals surface area contributed by atoms with Crippen molar-refractivity contribution in [2.75, 3.05) is 30.4 Å². The van der Waals surface area contributed by atoms with E-state index in [1.807, 2.05) is 18.2 Å². The van der Waals surface area contributed by atoms with Crippen molar-refractivity contribution in [3.05, 3.63) is 24.3 Å². The highest BCUT2D eigenvalue weighted by Crippen LogP contribution is 2.29. The number of amides is 2. The average Bonchev–Trinajstić information content (AvgIpc) is 2.34. The van der Waals surface area contributed by atoms with Gasteiger partial charge in [0.25, 0.3) is 0 Å². The van der Waals surface area contributed by atoms with Crippen LogP contribution in [-0.4, -0.2) is 32.0 Å². The summed E-state index contributed by atoms with van der Waals surface area (Å²) in [4.78, 5) is 25.0. The number of hydrogen-bond acceptors (Lipinski definition) is 3. The summed E-state index contributed by atoms with van der Waals surface area (Å²) in [6.07, 6.45) is 0.387. The Labute approximate surface area is 99.8 Å². The summed E-state index contributed by atoms with van der Waals surface area (Å²) < 4.78 is 0. The van der Waals surface area contributed by atoms with Gasteiger partial charge in [0.05, 0.1) is 11.4 Å². The Bertz CT molecular complexity index is 445. The SMILES string of the molecule is CNCCC(=O)N1CC(=O)Nc2ccccc21. The lowest BCUT2D eigenvalue weighted by Crippen LogP contribution is -2.42. The minimum Gasteiger partial charge on any atom is -0.323 e. The van der Waals surface area contributed by atoms with E-state index >= 15 is 0 Å². The predicted octanol–water partition coefficient (Wildman–Crippen LogP) is 0.581. The van der Waals surface area contributed by atoms with Crippen molar-refractivity contribution in [2.24, 2.45) is 0 Å². The van der Waals surface area contributed by atoms with Crippen LogP contribution in [-0.2, 0) is 9.59 Å². The normalized spacial score (nSPS) is 14.2. The summed E-state index contributed by atoms with van der Waals surface area (Å²) in [6.45, 7) is 0.707. The van der Waals surface area contributed by atoms with E-state index in [0.717, 1.165) is 5.69 Å². The molecule has 0 bridgehead atoms. The molecule has 0 fully saturated rings. The molecule has 0 aliphatic carbocycles. The van der Waals surface area contributed by atoms with Crippen LogP contribution in [0, 0.1) is 0 Å². The quantitative estimate of drug-likeness (QED) is 0.803. The van der Waals surface area contributed by atoms with Crippen LogP contribution in [0.1, 0.15) is 6.42 Å². The van der Waals surface area contributed by atoms with E-state index in [4.69, 9.17) is 0 Å². The molecule has 1 heterocycles. The van der Waals surface area contributed by atoms with Crippen LogP contribution in [0.4, 0.5) is 11.4 Å². The average molecular weight is 233 g/mol. The van der Waals surface area contributed by atoms with Crippen LogP contribution in [0.25, 0.3) is 0 Å². The Morgan fingerprint density at radius 3 is 3.00 bits per heavy atom. The van der Waals surface area contributed by atoms with Crippen molar-refractivity contribution < 1.29 is 9.59 Å². The van der Waals surface area contributed by atoms with Gasteiger partial charge in [-0.1, -0.05) is 12.1 Å². The molecule has 0 saturated heterocycles. The van der Waals surface area contributed by atoms with Crippen molar-refractivity contribution in [1.29, 1.82) is 0 Å². The summed E-state index contributed by atoms with van der Waals surface area (Å²) in [7, 11) is 1.80. The third kappa shape index (κ3) is 2.45. The molecule has 5 heteroatoms. The van der Waals surface area contributed by atoms with Gasteiger partial charge in [-0.2, -0.15) is 0 Å². The Hall–Kier alpha value is -1.88. The molecule has 1 aliphatic heterocycles. The van der Waals surface area contributed by atoms with E-state index in [-0.39, 0.29) is 18.4 Å². The number of rotatable bonds is 3. The topological polar surface area (TPSA) is 61.4 Å². The molecule has 1 aliphatic rings. The van der Waals surface area contributed by atoms with Gasteiger partial charge in [-0.3, -0.25) is 9.59 Å². The number of para-hydroxylation sites is 2. The molecule has 1 aromatic rings. The first-order chi connectivity index (χ1) is 8.22. The van der Waals surface area contributed by atoms with Gasteiger partial charge < -0.3 is 15.5 Å². The summed E-state index contributed by atoms with van der Waals surface area (Å²) in [5.41, 5.74) is 1.47. The highest BCUT2D eigenvalue weighted by Gasteiger charge is 2.25. The fraction of sp³-hybridized carbons (Fsp3) is 0.333. The van der Waals surface area contributed by atoms with Crippen molar-refractivity contribution in [2.45, 2.75) is 6.42 Å². The number of fused-ring (bicyclic) bond motifs is 1. The molecular formula is C12H15N3O2. The van der Waals surface area contributed by atoms with Gasteiger partial charge in [0.1, 0.15) is 6.54 Å². The molecule has 2 N–H and O–H groups in total. The van der Waals surface area contributed by atoms with Gasteiger partial charge in [0, 0.05) is 13.0 Å². The Balaban J connectivity index is 2.23. The molecule has 0 atom stereocenters. The molecule has 90 valence electrons. The van der Waals surface area contributed by atoms with Gasteiger partial charge in [0.15, 0.2) is 0 Å². The highest BCUT2D eigenvalue weighted by atomic mass is 16.2. The smallest absolute Gasteiger partial charge is 0.244 e. The molecular weight excluding hydrogens is 218 g/mol. The largest absolute Gasteiger partial charge is 0.323 e. The lowest BCUT2D eigenvalue weighted by atomic mass is 10.2. The van der Waals surface area contributed by atoms with Gasteiger partial charge in [-0.05, 0) is 19.2 Å². The number of nitrogens with zero attached hydrogens (tertiary/aromatic N) is 1. The maximum absolute atomic E-state index is 12.0. The zero-order chi connectivity index (χ0) is 12.3. The fourth-order valence-corrected chi connectivity index (χ4v) is 1.82. The van der Waals surface area contributed by atoms with Crippen LogP contribution in [0.2, 0.25) is 0 Å². The van der Waals surface area contributed by atoms with Crippen molar-refractivity contribution in [3.8, 4) is 0 Å². The van der Waals surface area contributed by atoms with E-state index in [9.17, 15) is 9.59 Å². The van der Waals surface area contributed by atoms with Gasteiger partial charge in [0.2, 0.25) is 11.8 Å². The minimum atomic E-state index is -0.151. The van der Waals surface area contributed by atoms with E-state index in [1.54, 1.807) is 13.1 Å². The molecule has 0 unspecified atom stereocenters. The first kappa shape index (κ1) is 11.6. The van der Waals surface area contributed by atoms with E-state index < -0.39 is 0 Å². The van der Waals surface area contributed by atoms with Crippen molar-refractivity contribution >= 4 is 23.2 Å². The van der Waals surface area contributed by atoms with E-state index in [2.05, 4.69) is 10.6 Å². The minimum absolute atomic E-state index is 0.0401. The van der Waals surface area contributed by atoms with E-state index in [1.165, 1.54) is 4.90 Å². The number of carbonyl (C=O) groups is 2. The van der Waals surface area contributed by atoms with Crippen LogP contribution in [0.3, 0.4) is 0 Å². The van der Waals surface area contributed by atoms with Gasteiger partial charge in [-0.25, -0.2) is 0 Å². The second-order valence-corrected chi connectivity index (χ2v) is 3.90. The molecule has 2 rings (SSSR count). The number of benzene rings is 1. The maximum Gasteiger partial charge on any atom is 0.244 e. The molecule has 17 heavy (non-hydrogen) atoms. The van der Waals surface area contributed by atoms with Gasteiger partial charge >= 0.3 is 0 Å². The molecule has 0 spiro atoms. The summed E-state index contributed by atoms with van der Waals surface area (Å²) in [5.74, 6) is -0.192. The Kier molecular flexibility index (Phi) is 3.39. The third-order valence-electron chi connectivity index (χ3n) is 2.66. The second kappa shape index (κ2) is 4.97. The highest BCUT2D eigenvalue weighted by molar-refractivity contribution is 6.09. The number of hydrogen-bond donors (Lipinski definition) is 2. The first-order valence-electron chi connectivity index (χ1n) is 5.56. The molecule has 1 aromatic carbocycles. The zero-order valence-electron chi connectivity index (χ0n) is 9.69. The first-order valence-corrected chi connectivity index (χ1v) is 5.56. The van der Waals surface area contributed by atoms with Gasteiger partial charge in [-0.15, -0.1) is 0 Å². The molecule has 0 radical (unpaired) electrons. The van der Waals surface area contributed by atoms with E-state index in [0.29, 0.717) is 18.7 Å². The molecule has 0 aromatic heterocycles. The van der Waals surface area contributed by atoms with Crippen LogP contribution in [0.5, 0.6) is 0 Å². The molecule has 0 saturated carbocycles. The lowest BCUT2D eigenvalue weighted by Gasteiger charge is -2.29. The van der Waals surface area contributed by atoms with Crippen LogP contribution in [0.15, 0.2) is 24.3 Å². The Morgan fingerprint density at radius 2 is 2.24 bits per heavy atom.